The van der Waals surface area contributed by atoms with Crippen molar-refractivity contribution in [3.05, 3.63) is 44.9 Å². The standard InChI is InChI=1S/C21H29ClN6OS/c1-15-16(2)30-19(26-15)8-9-24-21(23-3)25-14-20(29)28-12-10-27(11-13-28)18-6-4-17(22)5-7-18/h4-7H,8-14H2,1-3H3,(H2,23,24,25). The third kappa shape index (κ3) is 6.09. The van der Waals surface area contributed by atoms with Crippen LogP contribution < -0.4 is 15.5 Å². The lowest BCUT2D eigenvalue weighted by molar-refractivity contribution is -0.130. The number of nitrogens with one attached hydrogen (secondary N) is 2. The van der Waals surface area contributed by atoms with Gasteiger partial charge in [-0.15, -0.1) is 11.3 Å². The molecule has 30 heavy (non-hydrogen) atoms. The molecule has 1 saturated heterocycles. The molecule has 2 N–H and O–H groups in total. The van der Waals surface area contributed by atoms with Crippen LogP contribution >= 0.6 is 22.9 Å². The average Bonchev–Trinajstić information content (AvgIpc) is 3.08. The second-order valence-corrected chi connectivity index (χ2v) is 8.92. The molecule has 0 radical (unpaired) electrons. The molecule has 0 spiro atoms. The zero-order valence-corrected chi connectivity index (χ0v) is 19.3. The van der Waals surface area contributed by atoms with Crippen molar-refractivity contribution in [2.45, 2.75) is 20.3 Å². The molecular weight excluding hydrogens is 420 g/mol. The second-order valence-electron chi connectivity index (χ2n) is 7.20. The Morgan fingerprint density at radius 3 is 2.47 bits per heavy atom. The highest BCUT2D eigenvalue weighted by molar-refractivity contribution is 7.11. The number of benzene rings is 1. The minimum absolute atomic E-state index is 0.0832. The molecule has 9 heteroatoms. The summed E-state index contributed by atoms with van der Waals surface area (Å²) in [6.07, 6.45) is 0.834. The highest BCUT2D eigenvalue weighted by Crippen LogP contribution is 2.19. The van der Waals surface area contributed by atoms with Crippen LogP contribution in [0.5, 0.6) is 0 Å². The van der Waals surface area contributed by atoms with E-state index in [2.05, 4.69) is 32.4 Å². The van der Waals surface area contributed by atoms with Gasteiger partial charge in [-0.05, 0) is 38.1 Å². The predicted octanol–water partition coefficient (Wildman–Crippen LogP) is 2.47. The van der Waals surface area contributed by atoms with Gasteiger partial charge >= 0.3 is 0 Å². The largest absolute Gasteiger partial charge is 0.368 e. The third-order valence-corrected chi connectivity index (χ3v) is 6.54. The molecule has 1 aromatic heterocycles. The number of aliphatic imine (C=N–C) groups is 1. The van der Waals surface area contributed by atoms with Gasteiger partial charge in [0, 0.05) is 61.8 Å². The van der Waals surface area contributed by atoms with Crippen LogP contribution in [0.1, 0.15) is 15.6 Å². The number of hydrogen-bond donors (Lipinski definition) is 2. The first kappa shape index (κ1) is 22.4. The Morgan fingerprint density at radius 1 is 1.17 bits per heavy atom. The van der Waals surface area contributed by atoms with E-state index < -0.39 is 0 Å². The van der Waals surface area contributed by atoms with Gasteiger partial charge in [-0.2, -0.15) is 0 Å². The fourth-order valence-electron chi connectivity index (χ4n) is 3.29. The van der Waals surface area contributed by atoms with Gasteiger partial charge in [0.25, 0.3) is 0 Å². The Labute approximate surface area is 187 Å². The Bertz CT molecular complexity index is 855. The molecule has 162 valence electrons. The molecule has 0 unspecified atom stereocenters. The van der Waals surface area contributed by atoms with Crippen molar-refractivity contribution >= 4 is 40.5 Å². The number of aryl methyl sites for hydroxylation is 2. The summed E-state index contributed by atoms with van der Waals surface area (Å²) in [6, 6.07) is 7.83. The SMILES string of the molecule is CN=C(NCCc1nc(C)c(C)s1)NCC(=O)N1CCN(c2ccc(Cl)cc2)CC1. The quantitative estimate of drug-likeness (QED) is 0.524. The topological polar surface area (TPSA) is 72.9 Å². The molecular formula is C21H29ClN6OS. The van der Waals surface area contributed by atoms with Crippen LogP contribution in [0.4, 0.5) is 5.69 Å². The molecule has 1 fully saturated rings. The molecule has 3 rings (SSSR count). The Hall–Kier alpha value is -2.32. The van der Waals surface area contributed by atoms with Crippen molar-refractivity contribution < 1.29 is 4.79 Å². The van der Waals surface area contributed by atoms with Crippen molar-refractivity contribution in [2.24, 2.45) is 4.99 Å². The van der Waals surface area contributed by atoms with Crippen LogP contribution in [0.3, 0.4) is 0 Å². The number of halogens is 1. The lowest BCUT2D eigenvalue weighted by atomic mass is 10.2. The number of rotatable bonds is 6. The summed E-state index contributed by atoms with van der Waals surface area (Å²) in [6.45, 7) is 8.11. The first-order valence-electron chi connectivity index (χ1n) is 10.1. The van der Waals surface area contributed by atoms with E-state index in [4.69, 9.17) is 11.6 Å². The summed E-state index contributed by atoms with van der Waals surface area (Å²) in [5.41, 5.74) is 2.24. The van der Waals surface area contributed by atoms with E-state index in [-0.39, 0.29) is 12.5 Å². The van der Waals surface area contributed by atoms with E-state index in [1.807, 2.05) is 36.1 Å². The smallest absolute Gasteiger partial charge is 0.242 e. The molecule has 0 saturated carbocycles. The van der Waals surface area contributed by atoms with E-state index in [1.54, 1.807) is 18.4 Å². The maximum absolute atomic E-state index is 12.6. The van der Waals surface area contributed by atoms with Crippen LogP contribution in [-0.2, 0) is 11.2 Å². The van der Waals surface area contributed by atoms with Crippen molar-refractivity contribution in [3.8, 4) is 0 Å². The highest BCUT2D eigenvalue weighted by Gasteiger charge is 2.21. The number of guanidine groups is 1. The van der Waals surface area contributed by atoms with Gasteiger partial charge in [0.05, 0.1) is 17.2 Å². The number of carbonyl (C=O) groups is 1. The first-order valence-corrected chi connectivity index (χ1v) is 11.3. The first-order chi connectivity index (χ1) is 14.5. The van der Waals surface area contributed by atoms with E-state index >= 15 is 0 Å². The Morgan fingerprint density at radius 2 is 1.87 bits per heavy atom. The summed E-state index contributed by atoms with van der Waals surface area (Å²) in [4.78, 5) is 26.8. The minimum atomic E-state index is 0.0832. The summed E-state index contributed by atoms with van der Waals surface area (Å²) in [5, 5.41) is 8.22. The lowest BCUT2D eigenvalue weighted by Crippen LogP contribution is -2.52. The second kappa shape index (κ2) is 10.6. The fourth-order valence-corrected chi connectivity index (χ4v) is 4.35. The summed E-state index contributed by atoms with van der Waals surface area (Å²) in [5.74, 6) is 0.716. The summed E-state index contributed by atoms with van der Waals surface area (Å²) < 4.78 is 0. The van der Waals surface area contributed by atoms with Crippen molar-refractivity contribution in [3.63, 3.8) is 0 Å². The molecule has 1 amide bonds. The molecule has 0 atom stereocenters. The monoisotopic (exact) mass is 448 g/mol. The zero-order valence-electron chi connectivity index (χ0n) is 17.7. The van der Waals surface area contributed by atoms with Gasteiger partial charge in [-0.1, -0.05) is 11.6 Å². The number of aromatic nitrogens is 1. The van der Waals surface area contributed by atoms with Crippen molar-refractivity contribution in [1.29, 1.82) is 0 Å². The summed E-state index contributed by atoms with van der Waals surface area (Å²) >= 11 is 7.69. The zero-order chi connectivity index (χ0) is 21.5. The number of carbonyl (C=O) groups excluding carboxylic acids is 1. The summed E-state index contributed by atoms with van der Waals surface area (Å²) in [7, 11) is 1.71. The van der Waals surface area contributed by atoms with Crippen LogP contribution in [-0.4, -0.2) is 68.1 Å². The van der Waals surface area contributed by atoms with Crippen LogP contribution in [0.15, 0.2) is 29.3 Å². The Balaban J connectivity index is 1.38. The number of hydrogen-bond acceptors (Lipinski definition) is 5. The van der Waals surface area contributed by atoms with E-state index in [1.165, 1.54) is 4.88 Å². The van der Waals surface area contributed by atoms with Gasteiger partial charge in [-0.25, -0.2) is 4.98 Å². The average molecular weight is 449 g/mol. The maximum Gasteiger partial charge on any atom is 0.242 e. The van der Waals surface area contributed by atoms with Gasteiger partial charge in [0.1, 0.15) is 0 Å². The number of nitrogens with zero attached hydrogens (tertiary/aromatic N) is 4. The molecule has 2 heterocycles. The Kier molecular flexibility index (Phi) is 7.93. The van der Waals surface area contributed by atoms with Crippen molar-refractivity contribution in [1.82, 2.24) is 20.5 Å². The van der Waals surface area contributed by atoms with Gasteiger partial charge in [0.15, 0.2) is 5.96 Å². The van der Waals surface area contributed by atoms with E-state index in [9.17, 15) is 4.79 Å². The van der Waals surface area contributed by atoms with Gasteiger partial charge in [-0.3, -0.25) is 9.79 Å². The highest BCUT2D eigenvalue weighted by atomic mass is 35.5. The molecule has 1 aromatic carbocycles. The van der Waals surface area contributed by atoms with Gasteiger partial charge in [0.2, 0.25) is 5.91 Å². The molecule has 0 aliphatic carbocycles. The number of thiazole rings is 1. The molecule has 7 nitrogen and oxygen atoms in total. The predicted molar refractivity (Wildman–Crippen MR) is 125 cm³/mol. The van der Waals surface area contributed by atoms with E-state index in [0.717, 1.165) is 47.5 Å². The maximum atomic E-state index is 12.6. The number of piperazine rings is 1. The van der Waals surface area contributed by atoms with Gasteiger partial charge < -0.3 is 20.4 Å². The molecule has 2 aromatic rings. The van der Waals surface area contributed by atoms with Crippen LogP contribution in [0.2, 0.25) is 5.02 Å². The minimum Gasteiger partial charge on any atom is -0.368 e. The van der Waals surface area contributed by atoms with E-state index in [0.29, 0.717) is 19.0 Å². The lowest BCUT2D eigenvalue weighted by Gasteiger charge is -2.36. The van der Waals surface area contributed by atoms with Crippen LogP contribution in [0.25, 0.3) is 0 Å². The number of amides is 1. The van der Waals surface area contributed by atoms with Crippen molar-refractivity contribution in [2.75, 3.05) is 51.2 Å². The third-order valence-electron chi connectivity index (χ3n) is 5.16. The molecule has 0 bridgehead atoms. The normalized spacial score (nSPS) is 14.7. The fraction of sp³-hybridized carbons (Fsp3) is 0.476. The van der Waals surface area contributed by atoms with Crippen LogP contribution in [0, 0.1) is 13.8 Å². The molecule has 1 aliphatic rings. The number of anilines is 1. The molecule has 1 aliphatic heterocycles.